The number of hydrogen-bond acceptors (Lipinski definition) is 4. The molecule has 0 aromatic heterocycles. The van der Waals surface area contributed by atoms with E-state index in [4.69, 9.17) is 9.47 Å². The van der Waals surface area contributed by atoms with E-state index in [0.29, 0.717) is 12.0 Å². The fourth-order valence-corrected chi connectivity index (χ4v) is 3.48. The molecule has 0 radical (unpaired) electrons. The van der Waals surface area contributed by atoms with Crippen molar-refractivity contribution in [3.63, 3.8) is 0 Å². The third kappa shape index (κ3) is 5.39. The van der Waals surface area contributed by atoms with Crippen LogP contribution in [0.4, 0.5) is 0 Å². The minimum absolute atomic E-state index is 0.123. The van der Waals surface area contributed by atoms with Crippen LogP contribution in [0.1, 0.15) is 22.7 Å². The van der Waals surface area contributed by atoms with Gasteiger partial charge in [0, 0.05) is 5.56 Å². The van der Waals surface area contributed by atoms with E-state index in [1.165, 1.54) is 0 Å². The number of benzene rings is 3. The van der Waals surface area contributed by atoms with Crippen molar-refractivity contribution in [2.45, 2.75) is 12.5 Å². The average molecular weight is 413 g/mol. The highest BCUT2D eigenvalue weighted by atomic mass is 16.5. The van der Waals surface area contributed by atoms with E-state index in [0.717, 1.165) is 22.4 Å². The number of hydrogen-bond donors (Lipinski definition) is 1. The Morgan fingerprint density at radius 2 is 1.58 bits per heavy atom. The predicted octanol–water partition coefficient (Wildman–Crippen LogP) is 4.11. The Kier molecular flexibility index (Phi) is 6.43. The maximum Gasteiger partial charge on any atom is 0.338 e. The molecular formula is C26H23NO4. The summed E-state index contributed by atoms with van der Waals surface area (Å²) in [6.07, 6.45) is 2.38. The fraction of sp³-hybridized carbons (Fsp3) is 0.154. The zero-order valence-electron chi connectivity index (χ0n) is 17.0. The summed E-state index contributed by atoms with van der Waals surface area (Å²) >= 11 is 0. The van der Waals surface area contributed by atoms with Gasteiger partial charge in [-0.2, -0.15) is 0 Å². The topological polar surface area (TPSA) is 64.6 Å². The number of carbonyl (C=O) groups is 2. The minimum Gasteiger partial charge on any atom is -0.488 e. The standard InChI is InChI=1S/C26H23NO4/c28-25(18-31-26(29)22-16-21-13-7-8-14-24(21)30-17-22)27-23(20-11-5-2-6-12-20)15-19-9-3-1-4-10-19/h1-14,16,23H,15,17-18H2,(H,27,28). The van der Waals surface area contributed by atoms with Gasteiger partial charge in [-0.25, -0.2) is 4.79 Å². The van der Waals surface area contributed by atoms with Gasteiger partial charge in [0.05, 0.1) is 11.6 Å². The quantitative estimate of drug-likeness (QED) is 0.592. The second kappa shape index (κ2) is 9.76. The van der Waals surface area contributed by atoms with E-state index in [1.807, 2.05) is 84.9 Å². The normalized spacial score (nSPS) is 13.2. The Hall–Kier alpha value is -3.86. The number of fused-ring (bicyclic) bond motifs is 1. The summed E-state index contributed by atoms with van der Waals surface area (Å²) in [6, 6.07) is 26.9. The Morgan fingerprint density at radius 1 is 0.903 bits per heavy atom. The molecule has 5 heteroatoms. The average Bonchev–Trinajstić information content (AvgIpc) is 2.83. The molecule has 1 N–H and O–H groups in total. The maximum absolute atomic E-state index is 12.6. The molecule has 1 aliphatic heterocycles. The highest BCUT2D eigenvalue weighted by molar-refractivity contribution is 5.96. The summed E-state index contributed by atoms with van der Waals surface area (Å²) in [6.45, 7) is -0.228. The van der Waals surface area contributed by atoms with Crippen molar-refractivity contribution >= 4 is 18.0 Å². The lowest BCUT2D eigenvalue weighted by molar-refractivity contribution is -0.145. The molecule has 3 aromatic carbocycles. The molecule has 3 aromatic rings. The van der Waals surface area contributed by atoms with Gasteiger partial charge in [0.1, 0.15) is 12.4 Å². The van der Waals surface area contributed by atoms with Crippen LogP contribution in [0.25, 0.3) is 6.08 Å². The Balaban J connectivity index is 1.38. The molecule has 0 aliphatic carbocycles. The zero-order chi connectivity index (χ0) is 21.5. The molecule has 4 rings (SSSR count). The van der Waals surface area contributed by atoms with Crippen LogP contribution in [-0.4, -0.2) is 25.1 Å². The van der Waals surface area contributed by atoms with Crippen LogP contribution in [-0.2, 0) is 20.7 Å². The van der Waals surface area contributed by atoms with Crippen molar-refractivity contribution < 1.29 is 19.1 Å². The predicted molar refractivity (Wildman–Crippen MR) is 118 cm³/mol. The van der Waals surface area contributed by atoms with Gasteiger partial charge in [0.25, 0.3) is 5.91 Å². The van der Waals surface area contributed by atoms with Gasteiger partial charge in [-0.05, 0) is 29.7 Å². The van der Waals surface area contributed by atoms with Crippen molar-refractivity contribution in [3.05, 3.63) is 107 Å². The molecule has 0 saturated heterocycles. The monoisotopic (exact) mass is 413 g/mol. The Bertz CT molecular complexity index is 1080. The van der Waals surface area contributed by atoms with Crippen LogP contribution in [0, 0.1) is 0 Å². The van der Waals surface area contributed by atoms with Crippen molar-refractivity contribution in [1.82, 2.24) is 5.32 Å². The second-order valence-corrected chi connectivity index (χ2v) is 7.29. The van der Waals surface area contributed by atoms with E-state index in [-0.39, 0.29) is 25.2 Å². The van der Waals surface area contributed by atoms with Crippen LogP contribution >= 0.6 is 0 Å². The fourth-order valence-electron chi connectivity index (χ4n) is 3.48. The summed E-state index contributed by atoms with van der Waals surface area (Å²) < 4.78 is 10.8. The van der Waals surface area contributed by atoms with Crippen LogP contribution in [0.3, 0.4) is 0 Å². The minimum atomic E-state index is -0.552. The van der Waals surface area contributed by atoms with E-state index in [1.54, 1.807) is 6.08 Å². The molecule has 1 heterocycles. The highest BCUT2D eigenvalue weighted by Crippen LogP contribution is 2.26. The molecule has 1 aliphatic rings. The van der Waals surface area contributed by atoms with Crippen LogP contribution in [0.15, 0.2) is 90.5 Å². The number of amides is 1. The van der Waals surface area contributed by atoms with Gasteiger partial charge in [-0.15, -0.1) is 0 Å². The van der Waals surface area contributed by atoms with Crippen molar-refractivity contribution in [2.75, 3.05) is 13.2 Å². The maximum atomic E-state index is 12.6. The number of nitrogens with one attached hydrogen (secondary N) is 1. The number of para-hydroxylation sites is 1. The van der Waals surface area contributed by atoms with Crippen LogP contribution in [0.2, 0.25) is 0 Å². The third-order valence-electron chi connectivity index (χ3n) is 5.05. The summed E-state index contributed by atoms with van der Waals surface area (Å²) in [5.41, 5.74) is 3.30. The van der Waals surface area contributed by atoms with Gasteiger partial charge in [0.15, 0.2) is 6.61 Å². The number of esters is 1. The molecule has 156 valence electrons. The first-order valence-corrected chi connectivity index (χ1v) is 10.2. The first kappa shape index (κ1) is 20.4. The molecule has 0 bridgehead atoms. The largest absolute Gasteiger partial charge is 0.488 e. The van der Waals surface area contributed by atoms with E-state index in [2.05, 4.69) is 5.32 Å². The van der Waals surface area contributed by atoms with Gasteiger partial charge < -0.3 is 14.8 Å². The van der Waals surface area contributed by atoms with E-state index < -0.39 is 5.97 Å². The lowest BCUT2D eigenvalue weighted by Gasteiger charge is -2.20. The van der Waals surface area contributed by atoms with E-state index in [9.17, 15) is 9.59 Å². The highest BCUT2D eigenvalue weighted by Gasteiger charge is 2.20. The first-order valence-electron chi connectivity index (χ1n) is 10.2. The summed E-state index contributed by atoms with van der Waals surface area (Å²) in [5, 5.41) is 2.99. The van der Waals surface area contributed by atoms with Gasteiger partial charge >= 0.3 is 5.97 Å². The Morgan fingerprint density at radius 3 is 2.35 bits per heavy atom. The first-order chi connectivity index (χ1) is 15.2. The number of carbonyl (C=O) groups excluding carboxylic acids is 2. The van der Waals surface area contributed by atoms with Crippen molar-refractivity contribution in [1.29, 1.82) is 0 Å². The summed E-state index contributed by atoms with van der Waals surface area (Å²) in [5.74, 6) is -0.178. The van der Waals surface area contributed by atoms with Gasteiger partial charge in [-0.1, -0.05) is 78.9 Å². The Labute approximate surface area is 181 Å². The van der Waals surface area contributed by atoms with E-state index >= 15 is 0 Å². The second-order valence-electron chi connectivity index (χ2n) is 7.29. The molecule has 1 atom stereocenters. The summed E-state index contributed by atoms with van der Waals surface area (Å²) in [4.78, 5) is 25.0. The van der Waals surface area contributed by atoms with Gasteiger partial charge in [-0.3, -0.25) is 4.79 Å². The molecule has 1 amide bonds. The lowest BCUT2D eigenvalue weighted by Crippen LogP contribution is -2.34. The number of rotatable bonds is 7. The molecule has 5 nitrogen and oxygen atoms in total. The number of ether oxygens (including phenoxy) is 2. The molecule has 0 fully saturated rings. The lowest BCUT2D eigenvalue weighted by atomic mass is 9.99. The van der Waals surface area contributed by atoms with Gasteiger partial charge in [0.2, 0.25) is 0 Å². The zero-order valence-corrected chi connectivity index (χ0v) is 17.0. The molecule has 31 heavy (non-hydrogen) atoms. The smallest absolute Gasteiger partial charge is 0.338 e. The molecular weight excluding hydrogens is 390 g/mol. The molecule has 0 saturated carbocycles. The molecule has 1 unspecified atom stereocenters. The van der Waals surface area contributed by atoms with Crippen molar-refractivity contribution in [3.8, 4) is 5.75 Å². The molecule has 0 spiro atoms. The SMILES string of the molecule is O=C(COC(=O)C1=Cc2ccccc2OC1)NC(Cc1ccccc1)c1ccccc1. The van der Waals surface area contributed by atoms with Crippen molar-refractivity contribution in [2.24, 2.45) is 0 Å². The summed E-state index contributed by atoms with van der Waals surface area (Å²) in [7, 11) is 0. The van der Waals surface area contributed by atoms with Crippen LogP contribution < -0.4 is 10.1 Å². The van der Waals surface area contributed by atoms with Crippen LogP contribution in [0.5, 0.6) is 5.75 Å². The third-order valence-corrected chi connectivity index (χ3v) is 5.05.